The number of nitrogens with two attached hydrogens (primary N) is 1. The van der Waals surface area contributed by atoms with Crippen LogP contribution in [-0.2, 0) is 22.6 Å². The van der Waals surface area contributed by atoms with Crippen molar-refractivity contribution in [2.75, 3.05) is 5.73 Å². The lowest BCUT2D eigenvalue weighted by molar-refractivity contribution is -0.111. The predicted octanol–water partition coefficient (Wildman–Crippen LogP) is 4.72. The van der Waals surface area contributed by atoms with Gasteiger partial charge in [-0.1, -0.05) is 35.3 Å². The molecular formula is C22H25Cl2N3O3. The predicted molar refractivity (Wildman–Crippen MR) is 119 cm³/mol. The van der Waals surface area contributed by atoms with Crippen LogP contribution in [0.5, 0.6) is 0 Å². The lowest BCUT2D eigenvalue weighted by Crippen LogP contribution is -2.47. The van der Waals surface area contributed by atoms with Crippen molar-refractivity contribution in [3.8, 4) is 0 Å². The van der Waals surface area contributed by atoms with E-state index in [1.807, 2.05) is 18.2 Å². The van der Waals surface area contributed by atoms with Gasteiger partial charge in [0.05, 0.1) is 6.04 Å². The first kappa shape index (κ1) is 22.4. The summed E-state index contributed by atoms with van der Waals surface area (Å²) in [5.74, 6) is 0. The molecule has 0 spiro atoms. The largest absolute Gasteiger partial charge is 0.444 e. The third-order valence-electron chi connectivity index (χ3n) is 4.82. The number of nitrogens with one attached hydrogen (secondary N) is 1. The first-order chi connectivity index (χ1) is 14.1. The van der Waals surface area contributed by atoms with Gasteiger partial charge in [0.25, 0.3) is 0 Å². The highest BCUT2D eigenvalue weighted by Gasteiger charge is 2.35. The topological polar surface area (TPSA) is 84.7 Å². The molecular weight excluding hydrogens is 425 g/mol. The van der Waals surface area contributed by atoms with Crippen LogP contribution in [0.3, 0.4) is 0 Å². The lowest BCUT2D eigenvalue weighted by Gasteiger charge is -2.33. The fourth-order valence-corrected chi connectivity index (χ4v) is 4.15. The zero-order chi connectivity index (χ0) is 22.1. The summed E-state index contributed by atoms with van der Waals surface area (Å²) in [5, 5.41) is 3.60. The molecule has 0 saturated carbocycles. The number of hydrogen-bond acceptors (Lipinski definition) is 5. The van der Waals surface area contributed by atoms with Crippen LogP contribution in [0.15, 0.2) is 36.4 Å². The fraction of sp³-hybridized carbons (Fsp3) is 0.364. The number of benzene rings is 2. The summed E-state index contributed by atoms with van der Waals surface area (Å²) in [4.78, 5) is 26.6. The highest BCUT2D eigenvalue weighted by Crippen LogP contribution is 2.37. The summed E-state index contributed by atoms with van der Waals surface area (Å²) >= 11 is 12.6. The van der Waals surface area contributed by atoms with Crippen LogP contribution in [0.1, 0.15) is 43.5 Å². The second kappa shape index (κ2) is 8.84. The number of carbonyl (C=O) groups is 2. The molecule has 3 rings (SSSR count). The van der Waals surface area contributed by atoms with E-state index in [4.69, 9.17) is 33.7 Å². The average molecular weight is 450 g/mol. The Morgan fingerprint density at radius 2 is 1.87 bits per heavy atom. The Morgan fingerprint density at radius 3 is 2.50 bits per heavy atom. The summed E-state index contributed by atoms with van der Waals surface area (Å²) in [5.41, 5.74) is 8.80. The second-order valence-corrected chi connectivity index (χ2v) is 9.20. The molecule has 0 aromatic heterocycles. The zero-order valence-corrected chi connectivity index (χ0v) is 18.6. The fourth-order valence-electron chi connectivity index (χ4n) is 3.63. The molecule has 0 fully saturated rings. The van der Waals surface area contributed by atoms with Gasteiger partial charge in [-0.25, -0.2) is 4.79 Å². The third-order valence-corrected chi connectivity index (χ3v) is 5.38. The van der Waals surface area contributed by atoms with Gasteiger partial charge in [0.1, 0.15) is 17.9 Å². The highest BCUT2D eigenvalue weighted by molar-refractivity contribution is 6.35. The number of rotatable bonds is 5. The molecule has 1 heterocycles. The molecule has 0 saturated heterocycles. The number of alkyl carbamates (subject to hydrolysis) is 1. The molecule has 3 N–H and O–H groups in total. The van der Waals surface area contributed by atoms with Crippen molar-refractivity contribution in [1.29, 1.82) is 0 Å². The summed E-state index contributed by atoms with van der Waals surface area (Å²) in [6, 6.07) is 9.46. The zero-order valence-electron chi connectivity index (χ0n) is 17.1. The monoisotopic (exact) mass is 449 g/mol. The van der Waals surface area contributed by atoms with E-state index in [0.717, 1.165) is 11.1 Å². The van der Waals surface area contributed by atoms with Gasteiger partial charge in [0.2, 0.25) is 0 Å². The van der Waals surface area contributed by atoms with Crippen LogP contribution in [-0.4, -0.2) is 28.9 Å². The number of anilines is 1. The van der Waals surface area contributed by atoms with E-state index in [1.54, 1.807) is 39.0 Å². The van der Waals surface area contributed by atoms with E-state index in [0.29, 0.717) is 40.7 Å². The molecule has 2 aromatic rings. The number of nitrogen functional groups attached to an aromatic ring is 1. The van der Waals surface area contributed by atoms with E-state index in [1.165, 1.54) is 0 Å². The van der Waals surface area contributed by atoms with E-state index in [9.17, 15) is 9.59 Å². The molecule has 8 heteroatoms. The Bertz CT molecular complexity index is 959. The molecule has 1 aliphatic heterocycles. The maximum atomic E-state index is 12.4. The van der Waals surface area contributed by atoms with Crippen molar-refractivity contribution in [3.05, 3.63) is 63.1 Å². The Hall–Kier alpha value is -2.28. The summed E-state index contributed by atoms with van der Waals surface area (Å²) in [7, 11) is 0. The van der Waals surface area contributed by atoms with Crippen molar-refractivity contribution in [3.63, 3.8) is 0 Å². The SMILES string of the molecule is CC(C)(C)OC(=O)NC(C=O)C(c1ccc(Cl)cc1Cl)N1Cc2ccc(N)cc2C1. The molecule has 1 amide bonds. The molecule has 0 aliphatic carbocycles. The normalized spacial score (nSPS) is 15.9. The minimum absolute atomic E-state index is 0.417. The lowest BCUT2D eigenvalue weighted by atomic mass is 9.98. The van der Waals surface area contributed by atoms with Crippen LogP contribution in [0.25, 0.3) is 0 Å². The van der Waals surface area contributed by atoms with Crippen molar-refractivity contribution in [2.45, 2.75) is 51.5 Å². The summed E-state index contributed by atoms with van der Waals surface area (Å²) in [6.45, 7) is 6.43. The number of fused-ring (bicyclic) bond motifs is 1. The van der Waals surface area contributed by atoms with Gasteiger partial charge in [0.15, 0.2) is 0 Å². The van der Waals surface area contributed by atoms with E-state index < -0.39 is 23.8 Å². The number of halogens is 2. The molecule has 0 bridgehead atoms. The van der Waals surface area contributed by atoms with Crippen molar-refractivity contribution >= 4 is 41.3 Å². The molecule has 1 aliphatic rings. The second-order valence-electron chi connectivity index (χ2n) is 8.35. The van der Waals surface area contributed by atoms with Crippen molar-refractivity contribution in [1.82, 2.24) is 10.2 Å². The van der Waals surface area contributed by atoms with Crippen LogP contribution in [0.4, 0.5) is 10.5 Å². The van der Waals surface area contributed by atoms with Crippen LogP contribution >= 0.6 is 23.2 Å². The van der Waals surface area contributed by atoms with E-state index in [-0.39, 0.29) is 0 Å². The van der Waals surface area contributed by atoms with Gasteiger partial charge < -0.3 is 20.6 Å². The Labute approximate surface area is 186 Å². The Balaban J connectivity index is 1.95. The molecule has 30 heavy (non-hydrogen) atoms. The maximum Gasteiger partial charge on any atom is 0.408 e. The van der Waals surface area contributed by atoms with E-state index in [2.05, 4.69) is 10.2 Å². The standard InChI is InChI=1S/C22H25Cl2N3O3/c1-22(2,3)30-21(29)26-19(12-28)20(17-7-5-15(23)9-18(17)24)27-10-13-4-6-16(25)8-14(13)11-27/h4-9,12,19-20H,10-11,25H2,1-3H3,(H,26,29). The third kappa shape index (κ3) is 5.25. The number of carbonyl (C=O) groups excluding carboxylic acids is 2. The number of ether oxygens (including phenoxy) is 1. The van der Waals surface area contributed by atoms with Crippen LogP contribution in [0.2, 0.25) is 10.0 Å². The Morgan fingerprint density at radius 1 is 1.17 bits per heavy atom. The smallest absolute Gasteiger partial charge is 0.408 e. The number of nitrogens with zero attached hydrogens (tertiary/aromatic N) is 1. The summed E-state index contributed by atoms with van der Waals surface area (Å²) in [6.07, 6.45) is 0.0345. The number of hydrogen-bond donors (Lipinski definition) is 2. The molecule has 0 radical (unpaired) electrons. The molecule has 160 valence electrons. The first-order valence-corrected chi connectivity index (χ1v) is 10.3. The van der Waals surface area contributed by atoms with Gasteiger partial charge in [0, 0.05) is 28.8 Å². The Kier molecular flexibility index (Phi) is 6.60. The quantitative estimate of drug-likeness (QED) is 0.509. The van der Waals surface area contributed by atoms with Gasteiger partial charge in [-0.05, 0) is 61.7 Å². The van der Waals surface area contributed by atoms with Gasteiger partial charge in [-0.15, -0.1) is 0 Å². The minimum Gasteiger partial charge on any atom is -0.444 e. The summed E-state index contributed by atoms with van der Waals surface area (Å²) < 4.78 is 5.35. The average Bonchev–Trinajstić information content (AvgIpc) is 3.03. The van der Waals surface area contributed by atoms with Gasteiger partial charge in [-0.2, -0.15) is 0 Å². The molecule has 2 aromatic carbocycles. The van der Waals surface area contributed by atoms with Gasteiger partial charge in [-0.3, -0.25) is 4.90 Å². The van der Waals surface area contributed by atoms with Crippen LogP contribution in [0, 0.1) is 0 Å². The molecule has 2 atom stereocenters. The van der Waals surface area contributed by atoms with Gasteiger partial charge >= 0.3 is 6.09 Å². The molecule has 2 unspecified atom stereocenters. The number of aldehydes is 1. The van der Waals surface area contributed by atoms with Crippen molar-refractivity contribution < 1.29 is 14.3 Å². The number of amides is 1. The first-order valence-electron chi connectivity index (χ1n) is 9.58. The highest BCUT2D eigenvalue weighted by atomic mass is 35.5. The molecule has 6 nitrogen and oxygen atoms in total. The van der Waals surface area contributed by atoms with Crippen molar-refractivity contribution in [2.24, 2.45) is 0 Å². The van der Waals surface area contributed by atoms with Crippen LogP contribution < -0.4 is 11.1 Å². The minimum atomic E-state index is -0.884. The van der Waals surface area contributed by atoms with E-state index >= 15 is 0 Å². The maximum absolute atomic E-state index is 12.4.